The van der Waals surface area contributed by atoms with E-state index in [9.17, 15) is 4.79 Å². The fourth-order valence-corrected chi connectivity index (χ4v) is 2.32. The standard InChI is InChI=1S/C16H17ClN2O/c1-11(13-9-5-6-10-14(13)17)19-16(20)15(18)12-7-3-2-4-8-12/h2-11,15H,18H2,1H3,(H,19,20)/t11-,15-/m1/s1. The van der Waals surface area contributed by atoms with E-state index in [1.165, 1.54) is 0 Å². The second kappa shape index (κ2) is 6.55. The highest BCUT2D eigenvalue weighted by molar-refractivity contribution is 6.31. The number of nitrogens with two attached hydrogens (primary N) is 1. The van der Waals surface area contributed by atoms with Gasteiger partial charge in [0.1, 0.15) is 6.04 Å². The number of hydrogen-bond acceptors (Lipinski definition) is 2. The largest absolute Gasteiger partial charge is 0.348 e. The summed E-state index contributed by atoms with van der Waals surface area (Å²) in [4.78, 5) is 12.2. The van der Waals surface area contributed by atoms with Crippen molar-refractivity contribution in [2.24, 2.45) is 5.73 Å². The highest BCUT2D eigenvalue weighted by atomic mass is 35.5. The Balaban J connectivity index is 2.07. The Morgan fingerprint density at radius 3 is 2.35 bits per heavy atom. The van der Waals surface area contributed by atoms with Crippen LogP contribution in [0.5, 0.6) is 0 Å². The maximum absolute atomic E-state index is 12.2. The Hall–Kier alpha value is -1.84. The second-order valence-corrected chi connectivity index (χ2v) is 5.05. The molecule has 3 nitrogen and oxygen atoms in total. The van der Waals surface area contributed by atoms with Crippen LogP contribution in [-0.2, 0) is 4.79 Å². The first-order valence-electron chi connectivity index (χ1n) is 6.45. The number of carbonyl (C=O) groups excluding carboxylic acids is 1. The third-order valence-electron chi connectivity index (χ3n) is 3.17. The molecule has 2 aromatic rings. The molecule has 0 fully saturated rings. The lowest BCUT2D eigenvalue weighted by molar-refractivity contribution is -0.123. The minimum Gasteiger partial charge on any atom is -0.348 e. The van der Waals surface area contributed by atoms with E-state index in [1.807, 2.05) is 55.5 Å². The highest BCUT2D eigenvalue weighted by Crippen LogP contribution is 2.22. The normalized spacial score (nSPS) is 13.6. The molecule has 0 unspecified atom stereocenters. The van der Waals surface area contributed by atoms with Crippen LogP contribution in [-0.4, -0.2) is 5.91 Å². The van der Waals surface area contributed by atoms with Gasteiger partial charge in [-0.25, -0.2) is 0 Å². The smallest absolute Gasteiger partial charge is 0.241 e. The fourth-order valence-electron chi connectivity index (χ4n) is 2.02. The Labute approximate surface area is 123 Å². The quantitative estimate of drug-likeness (QED) is 0.907. The van der Waals surface area contributed by atoms with Crippen LogP contribution in [0.2, 0.25) is 5.02 Å². The molecule has 0 radical (unpaired) electrons. The maximum Gasteiger partial charge on any atom is 0.241 e. The lowest BCUT2D eigenvalue weighted by Crippen LogP contribution is -2.35. The van der Waals surface area contributed by atoms with Gasteiger partial charge in [0.25, 0.3) is 0 Å². The van der Waals surface area contributed by atoms with Gasteiger partial charge in [0, 0.05) is 5.02 Å². The molecule has 4 heteroatoms. The molecule has 0 aromatic heterocycles. The van der Waals surface area contributed by atoms with E-state index in [-0.39, 0.29) is 11.9 Å². The van der Waals surface area contributed by atoms with E-state index in [1.54, 1.807) is 6.07 Å². The zero-order valence-corrected chi connectivity index (χ0v) is 12.0. The molecular formula is C16H17ClN2O. The van der Waals surface area contributed by atoms with Gasteiger partial charge in [0.05, 0.1) is 6.04 Å². The lowest BCUT2D eigenvalue weighted by Gasteiger charge is -2.19. The first-order valence-corrected chi connectivity index (χ1v) is 6.82. The van der Waals surface area contributed by atoms with E-state index in [4.69, 9.17) is 17.3 Å². The van der Waals surface area contributed by atoms with Crippen LogP contribution in [0.15, 0.2) is 54.6 Å². The van der Waals surface area contributed by atoms with Gasteiger partial charge in [0.15, 0.2) is 0 Å². The Kier molecular flexibility index (Phi) is 4.77. The van der Waals surface area contributed by atoms with Crippen molar-refractivity contribution in [2.75, 3.05) is 0 Å². The number of hydrogen-bond donors (Lipinski definition) is 2. The summed E-state index contributed by atoms with van der Waals surface area (Å²) in [5, 5.41) is 3.52. The van der Waals surface area contributed by atoms with Gasteiger partial charge in [-0.15, -0.1) is 0 Å². The Bertz CT molecular complexity index is 586. The predicted octanol–water partition coefficient (Wildman–Crippen LogP) is 3.22. The molecule has 104 valence electrons. The summed E-state index contributed by atoms with van der Waals surface area (Å²) in [7, 11) is 0. The lowest BCUT2D eigenvalue weighted by atomic mass is 10.1. The minimum absolute atomic E-state index is 0.189. The topological polar surface area (TPSA) is 55.1 Å². The third-order valence-corrected chi connectivity index (χ3v) is 3.52. The molecule has 0 heterocycles. The number of rotatable bonds is 4. The monoisotopic (exact) mass is 288 g/mol. The molecule has 2 aromatic carbocycles. The molecule has 2 atom stereocenters. The van der Waals surface area contributed by atoms with Crippen molar-refractivity contribution in [3.05, 3.63) is 70.7 Å². The molecule has 0 saturated heterocycles. The highest BCUT2D eigenvalue weighted by Gasteiger charge is 2.18. The molecule has 0 aliphatic heterocycles. The van der Waals surface area contributed by atoms with Crippen molar-refractivity contribution in [3.8, 4) is 0 Å². The van der Waals surface area contributed by atoms with Gasteiger partial charge in [-0.3, -0.25) is 4.79 Å². The van der Waals surface area contributed by atoms with Crippen LogP contribution in [0.1, 0.15) is 30.1 Å². The molecule has 0 saturated carbocycles. The zero-order chi connectivity index (χ0) is 14.5. The van der Waals surface area contributed by atoms with Crippen LogP contribution < -0.4 is 11.1 Å². The average molecular weight is 289 g/mol. The third kappa shape index (κ3) is 3.38. The molecule has 0 bridgehead atoms. The molecule has 0 aliphatic carbocycles. The molecular weight excluding hydrogens is 272 g/mol. The van der Waals surface area contributed by atoms with Crippen LogP contribution in [0.3, 0.4) is 0 Å². The van der Waals surface area contributed by atoms with Crippen molar-refractivity contribution >= 4 is 17.5 Å². The minimum atomic E-state index is -0.680. The predicted molar refractivity (Wildman–Crippen MR) is 81.4 cm³/mol. The fraction of sp³-hybridized carbons (Fsp3) is 0.188. The van der Waals surface area contributed by atoms with Crippen LogP contribution in [0.25, 0.3) is 0 Å². The molecule has 3 N–H and O–H groups in total. The Morgan fingerprint density at radius 2 is 1.70 bits per heavy atom. The van der Waals surface area contributed by atoms with Crippen molar-refractivity contribution in [1.29, 1.82) is 0 Å². The first-order chi connectivity index (χ1) is 9.59. The number of amides is 1. The van der Waals surface area contributed by atoms with Gasteiger partial charge >= 0.3 is 0 Å². The van der Waals surface area contributed by atoms with Crippen LogP contribution >= 0.6 is 11.6 Å². The summed E-state index contributed by atoms with van der Waals surface area (Å²) in [5.74, 6) is -0.219. The Morgan fingerprint density at radius 1 is 1.10 bits per heavy atom. The number of carbonyl (C=O) groups is 1. The summed E-state index contributed by atoms with van der Waals surface area (Å²) >= 11 is 6.12. The second-order valence-electron chi connectivity index (χ2n) is 4.64. The van der Waals surface area contributed by atoms with E-state index >= 15 is 0 Å². The maximum atomic E-state index is 12.2. The summed E-state index contributed by atoms with van der Waals surface area (Å²) in [5.41, 5.74) is 7.62. The number of halogens is 1. The van der Waals surface area contributed by atoms with Gasteiger partial charge in [-0.2, -0.15) is 0 Å². The van der Waals surface area contributed by atoms with Gasteiger partial charge in [0.2, 0.25) is 5.91 Å². The molecule has 0 aliphatic rings. The van der Waals surface area contributed by atoms with E-state index in [0.717, 1.165) is 11.1 Å². The van der Waals surface area contributed by atoms with Crippen molar-refractivity contribution in [3.63, 3.8) is 0 Å². The molecule has 1 amide bonds. The van der Waals surface area contributed by atoms with Crippen molar-refractivity contribution < 1.29 is 4.79 Å². The summed E-state index contributed by atoms with van der Waals surface area (Å²) in [6.45, 7) is 1.89. The summed E-state index contributed by atoms with van der Waals surface area (Å²) in [6, 6.07) is 15.9. The average Bonchev–Trinajstić information content (AvgIpc) is 2.47. The number of benzene rings is 2. The van der Waals surface area contributed by atoms with Gasteiger partial charge < -0.3 is 11.1 Å². The van der Waals surface area contributed by atoms with Crippen molar-refractivity contribution in [2.45, 2.75) is 19.0 Å². The summed E-state index contributed by atoms with van der Waals surface area (Å²) < 4.78 is 0. The molecule has 0 spiro atoms. The summed E-state index contributed by atoms with van der Waals surface area (Å²) in [6.07, 6.45) is 0. The van der Waals surface area contributed by atoms with Crippen molar-refractivity contribution in [1.82, 2.24) is 5.32 Å². The van der Waals surface area contributed by atoms with E-state index in [0.29, 0.717) is 5.02 Å². The molecule has 20 heavy (non-hydrogen) atoms. The number of nitrogens with one attached hydrogen (secondary N) is 1. The zero-order valence-electron chi connectivity index (χ0n) is 11.2. The van der Waals surface area contributed by atoms with E-state index in [2.05, 4.69) is 5.32 Å². The van der Waals surface area contributed by atoms with Crippen LogP contribution in [0, 0.1) is 0 Å². The first kappa shape index (κ1) is 14.6. The van der Waals surface area contributed by atoms with E-state index < -0.39 is 6.04 Å². The molecule has 2 rings (SSSR count). The van der Waals surface area contributed by atoms with Gasteiger partial charge in [-0.05, 0) is 24.1 Å². The van der Waals surface area contributed by atoms with Gasteiger partial charge in [-0.1, -0.05) is 60.1 Å². The van der Waals surface area contributed by atoms with Crippen LogP contribution in [0.4, 0.5) is 0 Å². The SMILES string of the molecule is C[C@@H](NC(=O)[C@H](N)c1ccccc1)c1ccccc1Cl.